The summed E-state index contributed by atoms with van der Waals surface area (Å²) in [5.74, 6) is 1.44. The summed E-state index contributed by atoms with van der Waals surface area (Å²) in [4.78, 5) is 0. The van der Waals surface area contributed by atoms with Crippen LogP contribution >= 0.6 is 27.5 Å². The molecule has 0 heterocycles. The zero-order chi connectivity index (χ0) is 16.2. The maximum absolute atomic E-state index is 6.01. The summed E-state index contributed by atoms with van der Waals surface area (Å²) in [5, 5.41) is 4.21. The summed E-state index contributed by atoms with van der Waals surface area (Å²) in [7, 11) is 1.66. The van der Waals surface area contributed by atoms with Crippen molar-refractivity contribution in [3.63, 3.8) is 0 Å². The van der Waals surface area contributed by atoms with Gasteiger partial charge in [0.05, 0.1) is 11.6 Å². The first-order valence-electron chi connectivity index (χ1n) is 7.63. The van der Waals surface area contributed by atoms with Crippen molar-refractivity contribution in [2.75, 3.05) is 7.11 Å². The molecule has 1 fully saturated rings. The summed E-state index contributed by atoms with van der Waals surface area (Å²) in [6.07, 6.45) is 2.55. The molecule has 2 aromatic rings. The van der Waals surface area contributed by atoms with E-state index in [1.54, 1.807) is 7.11 Å². The lowest BCUT2D eigenvalue weighted by Gasteiger charge is -2.15. The lowest BCUT2D eigenvalue weighted by molar-refractivity contribution is 0.282. The van der Waals surface area contributed by atoms with E-state index in [0.29, 0.717) is 23.4 Å². The molecular weight excluding hydrogens is 378 g/mol. The maximum atomic E-state index is 6.01. The first-order chi connectivity index (χ1) is 11.2. The smallest absolute Gasteiger partial charge is 0.175 e. The highest BCUT2D eigenvalue weighted by atomic mass is 79.9. The van der Waals surface area contributed by atoms with Gasteiger partial charge in [-0.15, -0.1) is 0 Å². The minimum atomic E-state index is 0.440. The average molecular weight is 397 g/mol. The predicted molar refractivity (Wildman–Crippen MR) is 96.3 cm³/mol. The first-order valence-corrected chi connectivity index (χ1v) is 8.80. The highest BCUT2D eigenvalue weighted by Gasteiger charge is 2.20. The van der Waals surface area contributed by atoms with Crippen molar-refractivity contribution in [2.24, 2.45) is 0 Å². The molecule has 0 atom stereocenters. The van der Waals surface area contributed by atoms with Crippen LogP contribution in [0.15, 0.2) is 40.9 Å². The molecule has 5 heteroatoms. The Kier molecular flexibility index (Phi) is 5.46. The predicted octanol–water partition coefficient (Wildman–Crippen LogP) is 4.94. The van der Waals surface area contributed by atoms with Crippen LogP contribution < -0.4 is 14.8 Å². The van der Waals surface area contributed by atoms with Crippen LogP contribution in [-0.4, -0.2) is 13.2 Å². The monoisotopic (exact) mass is 395 g/mol. The average Bonchev–Trinajstić information content (AvgIpc) is 3.35. The fourth-order valence-electron chi connectivity index (χ4n) is 2.35. The lowest BCUT2D eigenvalue weighted by atomic mass is 10.2. The van der Waals surface area contributed by atoms with Crippen LogP contribution in [0.5, 0.6) is 11.5 Å². The van der Waals surface area contributed by atoms with Crippen LogP contribution in [0.2, 0.25) is 5.02 Å². The molecule has 0 saturated heterocycles. The van der Waals surface area contributed by atoms with Crippen LogP contribution in [0.3, 0.4) is 0 Å². The van der Waals surface area contributed by atoms with E-state index < -0.39 is 0 Å². The third kappa shape index (κ3) is 4.63. The first kappa shape index (κ1) is 16.6. The molecule has 0 unspecified atom stereocenters. The molecule has 23 heavy (non-hydrogen) atoms. The zero-order valence-corrected chi connectivity index (χ0v) is 15.3. The topological polar surface area (TPSA) is 30.5 Å². The highest BCUT2D eigenvalue weighted by molar-refractivity contribution is 9.10. The van der Waals surface area contributed by atoms with Gasteiger partial charge in [0.1, 0.15) is 6.61 Å². The van der Waals surface area contributed by atoms with Gasteiger partial charge in [-0.1, -0.05) is 23.7 Å². The number of hydrogen-bond acceptors (Lipinski definition) is 3. The molecule has 1 saturated carbocycles. The number of rotatable bonds is 7. The second-order valence-electron chi connectivity index (χ2n) is 5.68. The van der Waals surface area contributed by atoms with Crippen molar-refractivity contribution < 1.29 is 9.47 Å². The Balaban J connectivity index is 1.72. The SMILES string of the molecule is COc1cc(CNC2CC2)cc(Br)c1OCc1cccc(Cl)c1. The molecule has 0 aliphatic heterocycles. The Labute approximate surface area is 150 Å². The molecule has 3 rings (SSSR count). The minimum Gasteiger partial charge on any atom is -0.493 e. The van der Waals surface area contributed by atoms with Crippen LogP contribution in [0, 0.1) is 0 Å². The number of benzene rings is 2. The second kappa shape index (κ2) is 7.56. The van der Waals surface area contributed by atoms with Crippen molar-refractivity contribution in [1.29, 1.82) is 0 Å². The normalized spacial score (nSPS) is 13.9. The van der Waals surface area contributed by atoms with E-state index in [1.807, 2.05) is 30.3 Å². The summed E-state index contributed by atoms with van der Waals surface area (Å²) < 4.78 is 12.3. The van der Waals surface area contributed by atoms with Gasteiger partial charge in [-0.25, -0.2) is 0 Å². The number of halogens is 2. The second-order valence-corrected chi connectivity index (χ2v) is 6.97. The Morgan fingerprint density at radius 2 is 2.04 bits per heavy atom. The van der Waals surface area contributed by atoms with Gasteiger partial charge in [0.25, 0.3) is 0 Å². The van der Waals surface area contributed by atoms with Crippen LogP contribution in [0.25, 0.3) is 0 Å². The van der Waals surface area contributed by atoms with E-state index in [4.69, 9.17) is 21.1 Å². The van der Waals surface area contributed by atoms with E-state index in [9.17, 15) is 0 Å². The van der Waals surface area contributed by atoms with Crippen molar-refractivity contribution in [1.82, 2.24) is 5.32 Å². The molecule has 3 nitrogen and oxygen atoms in total. The molecule has 1 aliphatic carbocycles. The number of ether oxygens (including phenoxy) is 2. The fourth-order valence-corrected chi connectivity index (χ4v) is 3.16. The Bertz CT molecular complexity index is 689. The molecule has 0 aromatic heterocycles. The summed E-state index contributed by atoms with van der Waals surface area (Å²) in [6.45, 7) is 1.28. The van der Waals surface area contributed by atoms with Gasteiger partial charge in [0.2, 0.25) is 0 Å². The lowest BCUT2D eigenvalue weighted by Crippen LogP contribution is -2.15. The van der Waals surface area contributed by atoms with Gasteiger partial charge < -0.3 is 14.8 Å². The third-order valence-electron chi connectivity index (χ3n) is 3.73. The number of methoxy groups -OCH3 is 1. The van der Waals surface area contributed by atoms with E-state index in [1.165, 1.54) is 18.4 Å². The summed E-state index contributed by atoms with van der Waals surface area (Å²) in [6, 6.07) is 12.4. The number of nitrogens with one attached hydrogen (secondary N) is 1. The zero-order valence-electron chi connectivity index (χ0n) is 12.9. The quantitative estimate of drug-likeness (QED) is 0.719. The third-order valence-corrected chi connectivity index (χ3v) is 4.56. The number of hydrogen-bond donors (Lipinski definition) is 1. The maximum Gasteiger partial charge on any atom is 0.175 e. The van der Waals surface area contributed by atoms with Gasteiger partial charge in [-0.05, 0) is 64.2 Å². The van der Waals surface area contributed by atoms with E-state index in [-0.39, 0.29) is 0 Å². The Morgan fingerprint density at radius 1 is 1.22 bits per heavy atom. The van der Waals surface area contributed by atoms with E-state index >= 15 is 0 Å². The van der Waals surface area contributed by atoms with Gasteiger partial charge in [0, 0.05) is 17.6 Å². The fraction of sp³-hybridized carbons (Fsp3) is 0.333. The van der Waals surface area contributed by atoms with Crippen molar-refractivity contribution >= 4 is 27.5 Å². The van der Waals surface area contributed by atoms with Crippen LogP contribution in [-0.2, 0) is 13.2 Å². The van der Waals surface area contributed by atoms with E-state index in [0.717, 1.165) is 22.3 Å². The molecule has 0 radical (unpaired) electrons. The van der Waals surface area contributed by atoms with Crippen molar-refractivity contribution in [2.45, 2.75) is 32.0 Å². The van der Waals surface area contributed by atoms with Gasteiger partial charge >= 0.3 is 0 Å². The standard InChI is InChI=1S/C18H19BrClNO2/c1-22-17-9-13(10-21-15-5-6-15)8-16(19)18(17)23-11-12-3-2-4-14(20)7-12/h2-4,7-9,15,21H,5-6,10-11H2,1H3. The van der Waals surface area contributed by atoms with Crippen LogP contribution in [0.4, 0.5) is 0 Å². The molecule has 0 amide bonds. The summed E-state index contributed by atoms with van der Waals surface area (Å²) >= 11 is 9.60. The molecule has 122 valence electrons. The molecular formula is C18H19BrClNO2. The molecule has 1 N–H and O–H groups in total. The summed E-state index contributed by atoms with van der Waals surface area (Å²) in [5.41, 5.74) is 2.20. The molecule has 1 aliphatic rings. The minimum absolute atomic E-state index is 0.440. The molecule has 2 aromatic carbocycles. The van der Waals surface area contributed by atoms with Gasteiger partial charge in [-0.3, -0.25) is 0 Å². The molecule has 0 spiro atoms. The van der Waals surface area contributed by atoms with Crippen molar-refractivity contribution in [3.05, 3.63) is 57.0 Å². The largest absolute Gasteiger partial charge is 0.493 e. The Morgan fingerprint density at radius 3 is 2.74 bits per heavy atom. The van der Waals surface area contributed by atoms with Gasteiger partial charge in [0.15, 0.2) is 11.5 Å². The highest BCUT2D eigenvalue weighted by Crippen LogP contribution is 2.37. The van der Waals surface area contributed by atoms with Crippen molar-refractivity contribution in [3.8, 4) is 11.5 Å². The Hall–Kier alpha value is -1.23. The van der Waals surface area contributed by atoms with Crippen LogP contribution in [0.1, 0.15) is 24.0 Å². The molecule has 0 bridgehead atoms. The van der Waals surface area contributed by atoms with Gasteiger partial charge in [-0.2, -0.15) is 0 Å². The van der Waals surface area contributed by atoms with E-state index in [2.05, 4.69) is 27.3 Å².